The minimum Gasteiger partial charge on any atom is -0.489 e. The molecule has 9 nitrogen and oxygen atoms in total. The second-order valence-corrected chi connectivity index (χ2v) is 11.1. The largest absolute Gasteiger partial charge is 0.489 e. The lowest BCUT2D eigenvalue weighted by Crippen LogP contribution is -2.32. The lowest BCUT2D eigenvalue weighted by atomic mass is 10.1. The SMILES string of the molecule is C[C@@H]1Cc2c(N)nc3cc(CN(C(=O)c4ccc(C(F)(F)F)nc4)c4cccnc4S(C)(=O)=O)ccc3c2O1. The minimum absolute atomic E-state index is 0.0384. The number of hydrogen-bond donors (Lipinski definition) is 1. The molecule has 0 aliphatic carbocycles. The molecule has 1 aliphatic rings. The molecule has 202 valence electrons. The van der Waals surface area contributed by atoms with E-state index in [2.05, 4.69) is 15.0 Å². The molecule has 0 unspecified atom stereocenters. The van der Waals surface area contributed by atoms with Gasteiger partial charge in [-0.25, -0.2) is 18.4 Å². The zero-order valence-corrected chi connectivity index (χ0v) is 21.5. The second-order valence-electron chi connectivity index (χ2n) is 9.21. The van der Waals surface area contributed by atoms with E-state index in [0.29, 0.717) is 35.1 Å². The zero-order chi connectivity index (χ0) is 28.1. The van der Waals surface area contributed by atoms with Gasteiger partial charge in [-0.2, -0.15) is 13.2 Å². The van der Waals surface area contributed by atoms with E-state index >= 15 is 0 Å². The van der Waals surface area contributed by atoms with Gasteiger partial charge < -0.3 is 15.4 Å². The van der Waals surface area contributed by atoms with Crippen molar-refractivity contribution in [2.45, 2.75) is 37.2 Å². The van der Waals surface area contributed by atoms with Crippen molar-refractivity contribution in [2.24, 2.45) is 0 Å². The summed E-state index contributed by atoms with van der Waals surface area (Å²) < 4.78 is 70.0. The number of aromatic nitrogens is 3. The van der Waals surface area contributed by atoms with Crippen LogP contribution in [-0.2, 0) is 29.0 Å². The summed E-state index contributed by atoms with van der Waals surface area (Å²) in [6.07, 6.45) is -1.09. The molecule has 4 aromatic rings. The van der Waals surface area contributed by atoms with Crippen molar-refractivity contribution >= 4 is 38.2 Å². The molecular formula is C26H22F3N5O4S. The van der Waals surface area contributed by atoms with Gasteiger partial charge in [0, 0.05) is 36.0 Å². The molecule has 39 heavy (non-hydrogen) atoms. The van der Waals surface area contributed by atoms with Gasteiger partial charge in [0.05, 0.1) is 23.3 Å². The van der Waals surface area contributed by atoms with Crippen molar-refractivity contribution in [3.63, 3.8) is 0 Å². The Morgan fingerprint density at radius 2 is 1.95 bits per heavy atom. The third kappa shape index (κ3) is 5.09. The number of sulfone groups is 1. The number of nitrogen functional groups attached to an aromatic ring is 1. The van der Waals surface area contributed by atoms with Crippen LogP contribution in [-0.4, -0.2) is 41.6 Å². The number of pyridine rings is 3. The molecule has 0 saturated heterocycles. The number of fused-ring (bicyclic) bond motifs is 3. The maximum atomic E-state index is 13.6. The number of halogens is 3. The number of ether oxygens (including phenoxy) is 1. The Kier molecular flexibility index (Phi) is 6.41. The first-order chi connectivity index (χ1) is 18.3. The van der Waals surface area contributed by atoms with Crippen LogP contribution in [0.4, 0.5) is 24.7 Å². The van der Waals surface area contributed by atoms with E-state index in [9.17, 15) is 26.4 Å². The van der Waals surface area contributed by atoms with Crippen LogP contribution in [0.2, 0.25) is 0 Å². The summed E-state index contributed by atoms with van der Waals surface area (Å²) in [7, 11) is -3.88. The van der Waals surface area contributed by atoms with E-state index < -0.39 is 27.6 Å². The van der Waals surface area contributed by atoms with E-state index in [1.54, 1.807) is 18.2 Å². The minimum atomic E-state index is -4.68. The highest BCUT2D eigenvalue weighted by atomic mass is 32.2. The van der Waals surface area contributed by atoms with Crippen LogP contribution in [0.15, 0.2) is 59.9 Å². The van der Waals surface area contributed by atoms with Crippen LogP contribution in [0.3, 0.4) is 0 Å². The van der Waals surface area contributed by atoms with Gasteiger partial charge in [0.1, 0.15) is 23.4 Å². The first-order valence-corrected chi connectivity index (χ1v) is 13.6. The number of nitrogens with two attached hydrogens (primary N) is 1. The number of benzene rings is 1. The van der Waals surface area contributed by atoms with Gasteiger partial charge in [-0.05, 0) is 48.9 Å². The van der Waals surface area contributed by atoms with Crippen LogP contribution in [0.5, 0.6) is 5.75 Å². The fraction of sp³-hybridized carbons (Fsp3) is 0.231. The van der Waals surface area contributed by atoms with Crippen molar-refractivity contribution < 1.29 is 31.1 Å². The van der Waals surface area contributed by atoms with Gasteiger partial charge in [0.15, 0.2) is 14.9 Å². The van der Waals surface area contributed by atoms with Crippen molar-refractivity contribution in [3.05, 3.63) is 77.2 Å². The molecule has 4 heterocycles. The normalized spacial score (nSPS) is 15.2. The first kappa shape index (κ1) is 26.4. The van der Waals surface area contributed by atoms with Crippen molar-refractivity contribution in [2.75, 3.05) is 16.9 Å². The summed E-state index contributed by atoms with van der Waals surface area (Å²) in [5.74, 6) is 0.203. The molecular weight excluding hydrogens is 535 g/mol. The average molecular weight is 558 g/mol. The molecule has 1 atom stereocenters. The Hall–Kier alpha value is -4.26. The molecule has 0 radical (unpaired) electrons. The molecule has 13 heteroatoms. The average Bonchev–Trinajstić information content (AvgIpc) is 3.28. The Balaban J connectivity index is 1.59. The highest BCUT2D eigenvalue weighted by Gasteiger charge is 2.33. The zero-order valence-electron chi connectivity index (χ0n) is 20.7. The molecule has 5 rings (SSSR count). The van der Waals surface area contributed by atoms with Crippen LogP contribution in [0.25, 0.3) is 10.9 Å². The molecule has 0 bridgehead atoms. The van der Waals surface area contributed by atoms with Gasteiger partial charge in [0.2, 0.25) is 0 Å². The Bertz CT molecular complexity index is 1710. The molecule has 0 saturated carbocycles. The van der Waals surface area contributed by atoms with Crippen LogP contribution >= 0.6 is 0 Å². The van der Waals surface area contributed by atoms with E-state index in [1.807, 2.05) is 6.92 Å². The van der Waals surface area contributed by atoms with Crippen LogP contribution < -0.4 is 15.4 Å². The maximum Gasteiger partial charge on any atom is 0.433 e. The number of amides is 1. The standard InChI is InChI=1S/C26H22F3N5O4S/c1-14-10-18-22(38-14)17-7-5-15(11-19(17)33-23(18)30)13-34(20-4-3-9-31-24(20)39(2,36)37)25(35)16-6-8-21(32-12-16)26(27,28)29/h3-9,11-12,14H,10,13H2,1-2H3,(H2,30,33)/t14-/m1/s1. The number of nitrogens with zero attached hydrogens (tertiary/aromatic N) is 4. The fourth-order valence-corrected chi connectivity index (χ4v) is 5.28. The van der Waals surface area contributed by atoms with Crippen molar-refractivity contribution in [1.29, 1.82) is 0 Å². The van der Waals surface area contributed by atoms with Crippen LogP contribution in [0.1, 0.15) is 34.1 Å². The predicted octanol–water partition coefficient (Wildman–Crippen LogP) is 4.20. The van der Waals surface area contributed by atoms with Gasteiger partial charge >= 0.3 is 6.18 Å². The van der Waals surface area contributed by atoms with Gasteiger partial charge in [-0.3, -0.25) is 9.78 Å². The highest BCUT2D eigenvalue weighted by Crippen LogP contribution is 2.39. The highest BCUT2D eigenvalue weighted by molar-refractivity contribution is 7.90. The molecule has 0 fully saturated rings. The van der Waals surface area contributed by atoms with Crippen LogP contribution in [0, 0.1) is 0 Å². The molecule has 2 N–H and O–H groups in total. The van der Waals surface area contributed by atoms with Gasteiger partial charge in [-0.15, -0.1) is 0 Å². The smallest absolute Gasteiger partial charge is 0.433 e. The summed E-state index contributed by atoms with van der Waals surface area (Å²) in [4.78, 5) is 26.6. The number of rotatable bonds is 5. The van der Waals surface area contributed by atoms with E-state index in [-0.39, 0.29) is 28.9 Å². The Morgan fingerprint density at radius 3 is 2.62 bits per heavy atom. The van der Waals surface area contributed by atoms with Gasteiger partial charge in [0.25, 0.3) is 5.91 Å². The number of hydrogen-bond acceptors (Lipinski definition) is 8. The molecule has 3 aromatic heterocycles. The molecule has 1 amide bonds. The summed E-state index contributed by atoms with van der Waals surface area (Å²) >= 11 is 0. The Morgan fingerprint density at radius 1 is 1.18 bits per heavy atom. The predicted molar refractivity (Wildman–Crippen MR) is 137 cm³/mol. The summed E-state index contributed by atoms with van der Waals surface area (Å²) in [5.41, 5.74) is 6.67. The quantitative estimate of drug-likeness (QED) is 0.387. The number of carbonyl (C=O) groups excluding carboxylic acids is 1. The van der Waals surface area contributed by atoms with Gasteiger partial charge in [-0.1, -0.05) is 6.07 Å². The van der Waals surface area contributed by atoms with E-state index in [4.69, 9.17) is 10.5 Å². The molecule has 0 spiro atoms. The number of anilines is 2. The fourth-order valence-electron chi connectivity index (χ4n) is 4.46. The maximum absolute atomic E-state index is 13.6. The first-order valence-electron chi connectivity index (χ1n) is 11.7. The van der Waals surface area contributed by atoms with Crippen molar-refractivity contribution in [3.8, 4) is 5.75 Å². The monoisotopic (exact) mass is 557 g/mol. The number of alkyl halides is 3. The number of carbonyl (C=O) groups is 1. The third-order valence-corrected chi connectivity index (χ3v) is 7.24. The summed E-state index contributed by atoms with van der Waals surface area (Å²) in [6.45, 7) is 1.77. The van der Waals surface area contributed by atoms with E-state index in [1.165, 1.54) is 18.3 Å². The lowest BCUT2D eigenvalue weighted by Gasteiger charge is -2.25. The Labute approximate surface area is 221 Å². The lowest BCUT2D eigenvalue weighted by molar-refractivity contribution is -0.141. The van der Waals surface area contributed by atoms with Crippen molar-refractivity contribution in [1.82, 2.24) is 15.0 Å². The molecule has 1 aliphatic heterocycles. The molecule has 1 aromatic carbocycles. The third-order valence-electron chi connectivity index (χ3n) is 6.22. The second kappa shape index (κ2) is 9.49. The topological polar surface area (TPSA) is 128 Å². The van der Waals surface area contributed by atoms with E-state index in [0.717, 1.165) is 34.4 Å². The summed E-state index contributed by atoms with van der Waals surface area (Å²) in [6, 6.07) is 9.74. The summed E-state index contributed by atoms with van der Waals surface area (Å²) in [5, 5.41) is 0.372.